The first kappa shape index (κ1) is 21.2. The van der Waals surface area contributed by atoms with E-state index in [-0.39, 0.29) is 5.76 Å². The number of nitrogens with zero attached hydrogens (tertiary/aromatic N) is 2. The molecule has 0 spiro atoms. The monoisotopic (exact) mass is 478 g/mol. The van der Waals surface area contributed by atoms with Gasteiger partial charge in [-0.25, -0.2) is 4.98 Å². The summed E-state index contributed by atoms with van der Waals surface area (Å²) in [6, 6.07) is 10.4. The summed E-state index contributed by atoms with van der Waals surface area (Å²) in [6.07, 6.45) is 11.4. The van der Waals surface area contributed by atoms with Gasteiger partial charge < -0.3 is 19.8 Å². The largest absolute Gasteiger partial charge is 0.496 e. The van der Waals surface area contributed by atoms with Gasteiger partial charge >= 0.3 is 0 Å². The van der Waals surface area contributed by atoms with Crippen molar-refractivity contribution in [1.29, 1.82) is 5.26 Å². The zero-order chi connectivity index (χ0) is 21.8. The third kappa shape index (κ3) is 4.69. The number of fused-ring (bicyclic) bond motifs is 1. The van der Waals surface area contributed by atoms with Crippen LogP contribution in [0, 0.1) is 23.7 Å². The van der Waals surface area contributed by atoms with Crippen LogP contribution in [0.25, 0.3) is 11.0 Å². The Balaban J connectivity index is 1.32. The van der Waals surface area contributed by atoms with Crippen LogP contribution >= 0.6 is 15.9 Å². The second-order valence-corrected chi connectivity index (χ2v) is 8.46. The fourth-order valence-corrected chi connectivity index (χ4v) is 4.53. The zero-order valence-electron chi connectivity index (χ0n) is 17.2. The number of nitriles is 1. The van der Waals surface area contributed by atoms with Crippen molar-refractivity contribution >= 4 is 32.7 Å². The lowest BCUT2D eigenvalue weighted by Gasteiger charge is -2.30. The van der Waals surface area contributed by atoms with Gasteiger partial charge in [0, 0.05) is 41.2 Å². The number of aromatic nitrogens is 1. The van der Waals surface area contributed by atoms with Crippen LogP contribution in [0.15, 0.2) is 39.4 Å². The molecule has 0 radical (unpaired) electrons. The second-order valence-electron chi connectivity index (χ2n) is 7.67. The average molecular weight is 479 g/mol. The molecule has 158 valence electrons. The SMILES string of the molecule is C#Cc1ccc(CNC2CCC(Nc3ncc4oc(C#N)cc4c3Br)CC2)c(OC)c1. The summed E-state index contributed by atoms with van der Waals surface area (Å²) >= 11 is 3.61. The first-order valence-corrected chi connectivity index (χ1v) is 11.0. The molecule has 0 bridgehead atoms. The number of halogens is 1. The molecule has 2 heterocycles. The number of ether oxygens (including phenoxy) is 1. The number of methoxy groups -OCH3 is 1. The van der Waals surface area contributed by atoms with E-state index in [0.717, 1.165) is 64.8 Å². The highest BCUT2D eigenvalue weighted by atomic mass is 79.9. The van der Waals surface area contributed by atoms with E-state index in [9.17, 15) is 0 Å². The van der Waals surface area contributed by atoms with Crippen molar-refractivity contribution in [1.82, 2.24) is 10.3 Å². The second kappa shape index (κ2) is 9.43. The summed E-state index contributed by atoms with van der Waals surface area (Å²) in [7, 11) is 1.67. The standard InChI is InChI=1S/C24H23BrN4O2/c1-3-15-4-5-16(21(10-15)30-2)13-27-17-6-8-18(9-7-17)29-24-23(25)20-11-19(12-26)31-22(20)14-28-24/h1,4-5,10-11,14,17-18,27H,6-9,13H2,2H3,(H,28,29). The smallest absolute Gasteiger partial charge is 0.204 e. The van der Waals surface area contributed by atoms with Crippen LogP contribution < -0.4 is 15.4 Å². The molecule has 1 aliphatic carbocycles. The Hall–Kier alpha value is -3.00. The molecule has 0 aliphatic heterocycles. The lowest BCUT2D eigenvalue weighted by Crippen LogP contribution is -2.36. The van der Waals surface area contributed by atoms with E-state index < -0.39 is 0 Å². The normalized spacial score (nSPS) is 18.3. The number of benzene rings is 1. The third-order valence-corrected chi connectivity index (χ3v) is 6.53. The highest BCUT2D eigenvalue weighted by Crippen LogP contribution is 2.33. The number of nitrogens with one attached hydrogen (secondary N) is 2. The Labute approximate surface area is 190 Å². The average Bonchev–Trinajstić information content (AvgIpc) is 3.24. The molecule has 0 atom stereocenters. The van der Waals surface area contributed by atoms with Gasteiger partial charge in [-0.2, -0.15) is 5.26 Å². The van der Waals surface area contributed by atoms with Gasteiger partial charge in [0.15, 0.2) is 5.58 Å². The van der Waals surface area contributed by atoms with E-state index >= 15 is 0 Å². The van der Waals surface area contributed by atoms with Crippen molar-refractivity contribution in [3.05, 3.63) is 51.8 Å². The van der Waals surface area contributed by atoms with E-state index in [2.05, 4.69) is 37.5 Å². The maximum Gasteiger partial charge on any atom is 0.204 e. The minimum absolute atomic E-state index is 0.284. The molecule has 4 rings (SSSR count). The Kier molecular flexibility index (Phi) is 6.46. The van der Waals surface area contributed by atoms with Crippen molar-refractivity contribution < 1.29 is 9.15 Å². The van der Waals surface area contributed by atoms with E-state index in [1.165, 1.54) is 0 Å². The number of rotatable bonds is 6. The summed E-state index contributed by atoms with van der Waals surface area (Å²) in [4.78, 5) is 4.47. The molecule has 1 aromatic carbocycles. The number of pyridine rings is 1. The first-order valence-electron chi connectivity index (χ1n) is 10.2. The van der Waals surface area contributed by atoms with Crippen LogP contribution in [-0.4, -0.2) is 24.2 Å². The van der Waals surface area contributed by atoms with Crippen LogP contribution in [0.3, 0.4) is 0 Å². The minimum atomic E-state index is 0.284. The van der Waals surface area contributed by atoms with Crippen LogP contribution in [0.2, 0.25) is 0 Å². The highest BCUT2D eigenvalue weighted by molar-refractivity contribution is 9.10. The van der Waals surface area contributed by atoms with Crippen LogP contribution in [0.4, 0.5) is 5.82 Å². The third-order valence-electron chi connectivity index (χ3n) is 5.73. The summed E-state index contributed by atoms with van der Waals surface area (Å²) in [5.74, 6) is 4.53. The van der Waals surface area contributed by atoms with Crippen LogP contribution in [0.5, 0.6) is 5.75 Å². The van der Waals surface area contributed by atoms with Gasteiger partial charge in [-0.1, -0.05) is 12.0 Å². The van der Waals surface area contributed by atoms with Crippen molar-refractivity contribution in [2.75, 3.05) is 12.4 Å². The Bertz CT molecular complexity index is 1170. The van der Waals surface area contributed by atoms with Gasteiger partial charge in [0.1, 0.15) is 17.6 Å². The molecule has 0 amide bonds. The van der Waals surface area contributed by atoms with Gasteiger partial charge in [-0.3, -0.25) is 0 Å². The number of hydrogen-bond acceptors (Lipinski definition) is 6. The number of terminal acetylenes is 1. The van der Waals surface area contributed by atoms with Gasteiger partial charge in [0.25, 0.3) is 0 Å². The molecule has 0 unspecified atom stereocenters. The fraction of sp³-hybridized carbons (Fsp3) is 0.333. The Morgan fingerprint density at radius 2 is 2.03 bits per heavy atom. The number of anilines is 1. The van der Waals surface area contributed by atoms with E-state index in [4.69, 9.17) is 20.8 Å². The number of furan rings is 1. The molecular formula is C24H23BrN4O2. The van der Waals surface area contributed by atoms with Crippen molar-refractivity contribution in [3.63, 3.8) is 0 Å². The predicted molar refractivity (Wildman–Crippen MR) is 124 cm³/mol. The molecule has 1 fully saturated rings. The van der Waals surface area contributed by atoms with E-state index in [1.54, 1.807) is 19.4 Å². The van der Waals surface area contributed by atoms with E-state index in [1.807, 2.05) is 24.3 Å². The fourth-order valence-electron chi connectivity index (χ4n) is 4.01. The summed E-state index contributed by atoms with van der Waals surface area (Å²) in [5.41, 5.74) is 2.54. The quantitative estimate of drug-likeness (QED) is 0.486. The number of hydrogen-bond donors (Lipinski definition) is 2. The van der Waals surface area contributed by atoms with Crippen molar-refractivity contribution in [3.8, 4) is 24.2 Å². The van der Waals surface area contributed by atoms with Gasteiger partial charge in [-0.05, 0) is 53.7 Å². The maximum atomic E-state index is 9.04. The zero-order valence-corrected chi connectivity index (χ0v) is 18.8. The Morgan fingerprint density at radius 1 is 1.26 bits per heavy atom. The molecule has 3 aromatic rings. The lowest BCUT2D eigenvalue weighted by molar-refractivity contribution is 0.348. The molecule has 6 nitrogen and oxygen atoms in total. The van der Waals surface area contributed by atoms with Gasteiger partial charge in [0.05, 0.1) is 17.8 Å². The molecular weight excluding hydrogens is 456 g/mol. The first-order chi connectivity index (χ1) is 15.1. The lowest BCUT2D eigenvalue weighted by atomic mass is 9.91. The molecule has 0 saturated heterocycles. The molecule has 2 aromatic heterocycles. The highest BCUT2D eigenvalue weighted by Gasteiger charge is 2.22. The van der Waals surface area contributed by atoms with Gasteiger partial charge in [0.2, 0.25) is 5.76 Å². The van der Waals surface area contributed by atoms with Crippen molar-refractivity contribution in [2.24, 2.45) is 0 Å². The Morgan fingerprint density at radius 3 is 2.74 bits per heavy atom. The minimum Gasteiger partial charge on any atom is -0.496 e. The summed E-state index contributed by atoms with van der Waals surface area (Å²) in [6.45, 7) is 0.752. The maximum absolute atomic E-state index is 9.04. The van der Waals surface area contributed by atoms with Gasteiger partial charge in [-0.15, -0.1) is 6.42 Å². The van der Waals surface area contributed by atoms with E-state index in [0.29, 0.717) is 17.7 Å². The molecule has 7 heteroatoms. The van der Waals surface area contributed by atoms with Crippen LogP contribution in [0.1, 0.15) is 42.6 Å². The van der Waals surface area contributed by atoms with Crippen LogP contribution in [-0.2, 0) is 6.54 Å². The summed E-state index contributed by atoms with van der Waals surface area (Å²) in [5, 5.41) is 17.1. The predicted octanol–water partition coefficient (Wildman–Crippen LogP) is 4.96. The van der Waals surface area contributed by atoms with Crippen molar-refractivity contribution in [2.45, 2.75) is 44.3 Å². The summed E-state index contributed by atoms with van der Waals surface area (Å²) < 4.78 is 11.8. The topological polar surface area (TPSA) is 83.1 Å². The molecule has 31 heavy (non-hydrogen) atoms. The molecule has 1 saturated carbocycles. The molecule has 1 aliphatic rings. The molecule has 2 N–H and O–H groups in total.